The SMILES string of the molecule is Cl.NC(N)=NNC(O)c1c(Cl)cccc1Cl. The number of benzene rings is 1. The molecule has 0 aromatic heterocycles. The van der Waals surface area contributed by atoms with Gasteiger partial charge in [-0.05, 0) is 12.1 Å². The molecule has 16 heavy (non-hydrogen) atoms. The third-order valence-corrected chi connectivity index (χ3v) is 2.25. The Labute approximate surface area is 109 Å². The van der Waals surface area contributed by atoms with Crippen molar-refractivity contribution in [3.63, 3.8) is 0 Å². The van der Waals surface area contributed by atoms with Gasteiger partial charge in [-0.1, -0.05) is 29.3 Å². The first-order chi connectivity index (χ1) is 7.02. The molecule has 0 saturated carbocycles. The predicted molar refractivity (Wildman–Crippen MR) is 67.6 cm³/mol. The molecule has 0 aliphatic carbocycles. The minimum atomic E-state index is -1.16. The lowest BCUT2D eigenvalue weighted by Gasteiger charge is -2.13. The van der Waals surface area contributed by atoms with Crippen LogP contribution in [0.4, 0.5) is 0 Å². The normalized spacial score (nSPS) is 11.2. The number of halogens is 3. The van der Waals surface area contributed by atoms with Crippen molar-refractivity contribution in [2.24, 2.45) is 16.6 Å². The van der Waals surface area contributed by atoms with Crippen molar-refractivity contribution < 1.29 is 5.11 Å². The van der Waals surface area contributed by atoms with Crippen LogP contribution in [-0.2, 0) is 0 Å². The van der Waals surface area contributed by atoms with Gasteiger partial charge in [0.25, 0.3) is 0 Å². The molecule has 0 heterocycles. The van der Waals surface area contributed by atoms with E-state index in [1.54, 1.807) is 18.2 Å². The van der Waals surface area contributed by atoms with Crippen LogP contribution in [0.3, 0.4) is 0 Å². The van der Waals surface area contributed by atoms with Crippen molar-refractivity contribution in [1.29, 1.82) is 0 Å². The molecule has 90 valence electrons. The molecule has 1 unspecified atom stereocenters. The third kappa shape index (κ3) is 3.94. The van der Waals surface area contributed by atoms with E-state index in [1.807, 2.05) is 0 Å². The number of guanidine groups is 1. The first-order valence-electron chi connectivity index (χ1n) is 3.98. The largest absolute Gasteiger partial charge is 0.369 e. The molecule has 6 N–H and O–H groups in total. The van der Waals surface area contributed by atoms with Crippen LogP contribution in [0.1, 0.15) is 11.8 Å². The van der Waals surface area contributed by atoms with Gasteiger partial charge in [0.2, 0.25) is 5.96 Å². The summed E-state index contributed by atoms with van der Waals surface area (Å²) < 4.78 is 0. The van der Waals surface area contributed by atoms with Crippen molar-refractivity contribution in [3.8, 4) is 0 Å². The Morgan fingerprint density at radius 2 is 1.81 bits per heavy atom. The van der Waals surface area contributed by atoms with Crippen LogP contribution in [0.15, 0.2) is 23.3 Å². The van der Waals surface area contributed by atoms with Crippen LogP contribution in [0.2, 0.25) is 10.0 Å². The first kappa shape index (κ1) is 15.1. The van der Waals surface area contributed by atoms with E-state index in [0.717, 1.165) is 0 Å². The molecule has 1 aromatic rings. The van der Waals surface area contributed by atoms with E-state index in [4.69, 9.17) is 34.7 Å². The Kier molecular flexibility index (Phi) is 6.28. The fourth-order valence-corrected chi connectivity index (χ4v) is 1.58. The summed E-state index contributed by atoms with van der Waals surface area (Å²) in [6.07, 6.45) is -1.16. The van der Waals surface area contributed by atoms with Crippen molar-refractivity contribution in [2.75, 3.05) is 0 Å². The molecule has 8 heteroatoms. The lowest BCUT2D eigenvalue weighted by Crippen LogP contribution is -2.28. The Morgan fingerprint density at radius 1 is 1.31 bits per heavy atom. The van der Waals surface area contributed by atoms with E-state index >= 15 is 0 Å². The second-order valence-corrected chi connectivity index (χ2v) is 3.52. The molecule has 0 saturated heterocycles. The highest BCUT2D eigenvalue weighted by atomic mass is 35.5. The van der Waals surface area contributed by atoms with E-state index < -0.39 is 6.23 Å². The summed E-state index contributed by atoms with van der Waals surface area (Å²) in [7, 11) is 0. The molecule has 1 atom stereocenters. The van der Waals surface area contributed by atoms with E-state index in [1.165, 1.54) is 0 Å². The summed E-state index contributed by atoms with van der Waals surface area (Å²) in [5.74, 6) is -0.197. The maximum atomic E-state index is 9.63. The molecule has 0 aliphatic heterocycles. The summed E-state index contributed by atoms with van der Waals surface area (Å²) >= 11 is 11.7. The van der Waals surface area contributed by atoms with Gasteiger partial charge in [0, 0.05) is 15.6 Å². The van der Waals surface area contributed by atoms with Gasteiger partial charge >= 0.3 is 0 Å². The summed E-state index contributed by atoms with van der Waals surface area (Å²) in [6, 6.07) is 4.87. The first-order valence-corrected chi connectivity index (χ1v) is 4.74. The molecular formula is C8H11Cl3N4O. The van der Waals surface area contributed by atoms with Crippen LogP contribution < -0.4 is 16.9 Å². The smallest absolute Gasteiger partial charge is 0.208 e. The van der Waals surface area contributed by atoms with E-state index in [-0.39, 0.29) is 18.4 Å². The highest BCUT2D eigenvalue weighted by Crippen LogP contribution is 2.28. The maximum absolute atomic E-state index is 9.63. The molecule has 0 fully saturated rings. The number of hydrogen-bond acceptors (Lipinski definition) is 3. The van der Waals surface area contributed by atoms with Gasteiger partial charge in [0.05, 0.1) is 0 Å². The second kappa shape index (κ2) is 6.65. The minimum absolute atomic E-state index is 0. The van der Waals surface area contributed by atoms with E-state index in [9.17, 15) is 5.11 Å². The Balaban J connectivity index is 0.00000225. The predicted octanol–water partition coefficient (Wildman–Crippen LogP) is 1.18. The number of hydrazone groups is 1. The van der Waals surface area contributed by atoms with Gasteiger partial charge in [-0.25, -0.2) is 0 Å². The monoisotopic (exact) mass is 284 g/mol. The quantitative estimate of drug-likeness (QED) is 0.290. The standard InChI is InChI=1S/C8H10Cl2N4O.ClH/c9-4-2-1-3-5(10)6(4)7(15)13-14-8(11)12;/h1-3,7,13,15H,(H4,11,12,14);1H. The van der Waals surface area contributed by atoms with E-state index in [0.29, 0.717) is 15.6 Å². The van der Waals surface area contributed by atoms with Crippen LogP contribution in [-0.4, -0.2) is 11.1 Å². The Bertz CT molecular complexity index is 361. The number of aliphatic hydroxyl groups is 1. The molecule has 1 rings (SSSR count). The van der Waals surface area contributed by atoms with Crippen molar-refractivity contribution in [3.05, 3.63) is 33.8 Å². The Morgan fingerprint density at radius 3 is 2.25 bits per heavy atom. The van der Waals surface area contributed by atoms with Crippen molar-refractivity contribution in [1.82, 2.24) is 5.43 Å². The number of aliphatic hydroxyl groups excluding tert-OH is 1. The molecule has 0 aliphatic rings. The lowest BCUT2D eigenvalue weighted by atomic mass is 10.2. The zero-order chi connectivity index (χ0) is 11.4. The molecule has 0 amide bonds. The van der Waals surface area contributed by atoms with Crippen LogP contribution in [0.5, 0.6) is 0 Å². The van der Waals surface area contributed by atoms with Crippen LogP contribution in [0.25, 0.3) is 0 Å². The molecule has 0 radical (unpaired) electrons. The van der Waals surface area contributed by atoms with Crippen molar-refractivity contribution >= 4 is 41.6 Å². The summed E-state index contributed by atoms with van der Waals surface area (Å²) in [5.41, 5.74) is 12.8. The summed E-state index contributed by atoms with van der Waals surface area (Å²) in [6.45, 7) is 0. The average molecular weight is 286 g/mol. The number of rotatable bonds is 3. The molecule has 0 bridgehead atoms. The van der Waals surface area contributed by atoms with Gasteiger partial charge in [-0.3, -0.25) is 5.43 Å². The van der Waals surface area contributed by atoms with E-state index in [2.05, 4.69) is 10.5 Å². The van der Waals surface area contributed by atoms with Gasteiger partial charge in [0.1, 0.15) is 0 Å². The fraction of sp³-hybridized carbons (Fsp3) is 0.125. The number of nitrogens with one attached hydrogen (secondary N) is 1. The maximum Gasteiger partial charge on any atom is 0.208 e. The van der Waals surface area contributed by atoms with Gasteiger partial charge in [0.15, 0.2) is 6.23 Å². The molecule has 5 nitrogen and oxygen atoms in total. The summed E-state index contributed by atoms with van der Waals surface area (Å²) in [5, 5.41) is 13.7. The van der Waals surface area contributed by atoms with Gasteiger partial charge < -0.3 is 16.6 Å². The summed E-state index contributed by atoms with van der Waals surface area (Å²) in [4.78, 5) is 0. The lowest BCUT2D eigenvalue weighted by molar-refractivity contribution is 0.141. The zero-order valence-corrected chi connectivity index (χ0v) is 10.4. The average Bonchev–Trinajstić information content (AvgIpc) is 2.14. The van der Waals surface area contributed by atoms with Crippen LogP contribution >= 0.6 is 35.6 Å². The second-order valence-electron chi connectivity index (χ2n) is 2.70. The number of nitrogens with two attached hydrogens (primary N) is 2. The van der Waals surface area contributed by atoms with Gasteiger partial charge in [-0.2, -0.15) is 0 Å². The third-order valence-electron chi connectivity index (χ3n) is 1.59. The zero-order valence-electron chi connectivity index (χ0n) is 8.02. The van der Waals surface area contributed by atoms with Crippen molar-refractivity contribution in [2.45, 2.75) is 6.23 Å². The highest BCUT2D eigenvalue weighted by Gasteiger charge is 2.14. The topological polar surface area (TPSA) is 96.7 Å². The number of nitrogens with zero attached hydrogens (tertiary/aromatic N) is 1. The van der Waals surface area contributed by atoms with Crippen LogP contribution in [0, 0.1) is 0 Å². The fourth-order valence-electron chi connectivity index (χ4n) is 0.972. The highest BCUT2D eigenvalue weighted by molar-refractivity contribution is 6.36. The molecule has 0 spiro atoms. The Hall–Kier alpha value is -0.880. The minimum Gasteiger partial charge on any atom is -0.369 e. The molecular weight excluding hydrogens is 274 g/mol. The van der Waals surface area contributed by atoms with Gasteiger partial charge in [-0.15, -0.1) is 17.5 Å². The molecule has 1 aromatic carbocycles. The number of hydrogen-bond donors (Lipinski definition) is 4.